The van der Waals surface area contributed by atoms with Gasteiger partial charge in [0, 0.05) is 37.9 Å². The Hall–Kier alpha value is -0.930. The fraction of sp³-hybridized carbons (Fsp3) is 0.706. The third-order valence-corrected chi connectivity index (χ3v) is 4.25. The zero-order valence-electron chi connectivity index (χ0n) is 13.4. The first-order chi connectivity index (χ1) is 9.60. The number of rotatable bonds is 5. The highest BCUT2D eigenvalue weighted by Crippen LogP contribution is 2.17. The summed E-state index contributed by atoms with van der Waals surface area (Å²) in [5.41, 5.74) is 2.64. The van der Waals surface area contributed by atoms with E-state index in [4.69, 9.17) is 0 Å². The van der Waals surface area contributed by atoms with E-state index in [-0.39, 0.29) is 0 Å². The number of nitrogens with zero attached hydrogens (tertiary/aromatic N) is 2. The summed E-state index contributed by atoms with van der Waals surface area (Å²) in [6.45, 7) is 12.3. The quantitative estimate of drug-likeness (QED) is 0.895. The van der Waals surface area contributed by atoms with Crippen molar-refractivity contribution >= 4 is 0 Å². The molecule has 1 aliphatic rings. The first-order valence-corrected chi connectivity index (χ1v) is 8.00. The Balaban J connectivity index is 2.02. The molecule has 0 radical (unpaired) electrons. The molecule has 1 aliphatic heterocycles. The van der Waals surface area contributed by atoms with Crippen LogP contribution in [0.5, 0.6) is 0 Å². The number of pyridine rings is 1. The Morgan fingerprint density at radius 1 is 1.45 bits per heavy atom. The molecule has 2 heterocycles. The van der Waals surface area contributed by atoms with Crippen molar-refractivity contribution in [3.8, 4) is 0 Å². The van der Waals surface area contributed by atoms with Crippen LogP contribution in [0, 0.1) is 5.92 Å². The fourth-order valence-electron chi connectivity index (χ4n) is 3.07. The van der Waals surface area contributed by atoms with E-state index in [1.165, 1.54) is 17.7 Å². The maximum absolute atomic E-state index is 4.60. The van der Waals surface area contributed by atoms with Gasteiger partial charge in [-0.3, -0.25) is 9.88 Å². The van der Waals surface area contributed by atoms with Crippen LogP contribution >= 0.6 is 0 Å². The lowest BCUT2D eigenvalue weighted by atomic mass is 9.99. The molecule has 20 heavy (non-hydrogen) atoms. The molecule has 0 amide bonds. The van der Waals surface area contributed by atoms with Crippen LogP contribution in [-0.2, 0) is 13.0 Å². The monoisotopic (exact) mass is 275 g/mol. The Bertz CT molecular complexity index is 416. The average molecular weight is 275 g/mol. The molecule has 2 unspecified atom stereocenters. The molecular weight excluding hydrogens is 246 g/mol. The molecule has 1 aromatic rings. The lowest BCUT2D eigenvalue weighted by Crippen LogP contribution is -2.55. The molecule has 2 atom stereocenters. The smallest absolute Gasteiger partial charge is 0.0575 e. The van der Waals surface area contributed by atoms with Gasteiger partial charge in [-0.1, -0.05) is 26.8 Å². The Labute approximate surface area is 123 Å². The van der Waals surface area contributed by atoms with Crippen LogP contribution < -0.4 is 5.32 Å². The number of hydrogen-bond acceptors (Lipinski definition) is 3. The van der Waals surface area contributed by atoms with Crippen molar-refractivity contribution in [3.05, 3.63) is 29.6 Å². The molecule has 1 aromatic heterocycles. The minimum Gasteiger partial charge on any atom is -0.311 e. The average Bonchev–Trinajstić information content (AvgIpc) is 2.42. The second kappa shape index (κ2) is 7.19. The SMILES string of the molecule is CCc1cccnc1CN1CC(CC(C)C)NCC1C. The summed E-state index contributed by atoms with van der Waals surface area (Å²) in [6.07, 6.45) is 4.25. The van der Waals surface area contributed by atoms with E-state index < -0.39 is 0 Å². The highest BCUT2D eigenvalue weighted by atomic mass is 15.2. The van der Waals surface area contributed by atoms with Crippen LogP contribution in [0.4, 0.5) is 0 Å². The van der Waals surface area contributed by atoms with Crippen LogP contribution in [0.3, 0.4) is 0 Å². The summed E-state index contributed by atoms with van der Waals surface area (Å²) >= 11 is 0. The van der Waals surface area contributed by atoms with E-state index in [0.29, 0.717) is 12.1 Å². The van der Waals surface area contributed by atoms with Gasteiger partial charge in [-0.2, -0.15) is 0 Å². The predicted molar refractivity (Wildman–Crippen MR) is 84.7 cm³/mol. The van der Waals surface area contributed by atoms with E-state index in [1.54, 1.807) is 0 Å². The van der Waals surface area contributed by atoms with Crippen molar-refractivity contribution in [2.45, 2.75) is 59.2 Å². The first-order valence-electron chi connectivity index (χ1n) is 8.00. The van der Waals surface area contributed by atoms with Gasteiger partial charge in [0.25, 0.3) is 0 Å². The molecular formula is C17H29N3. The summed E-state index contributed by atoms with van der Waals surface area (Å²) in [6, 6.07) is 5.47. The molecule has 3 heteroatoms. The second-order valence-electron chi connectivity index (χ2n) is 6.48. The molecule has 0 aliphatic carbocycles. The molecule has 1 saturated heterocycles. The molecule has 1 N–H and O–H groups in total. The van der Waals surface area contributed by atoms with E-state index in [2.05, 4.69) is 49.0 Å². The summed E-state index contributed by atoms with van der Waals surface area (Å²) < 4.78 is 0. The van der Waals surface area contributed by atoms with Gasteiger partial charge in [0.15, 0.2) is 0 Å². The van der Waals surface area contributed by atoms with E-state index >= 15 is 0 Å². The minimum absolute atomic E-state index is 0.588. The molecule has 112 valence electrons. The molecule has 1 fully saturated rings. The number of piperazine rings is 1. The van der Waals surface area contributed by atoms with E-state index in [1.807, 2.05) is 12.3 Å². The van der Waals surface area contributed by atoms with Crippen molar-refractivity contribution in [3.63, 3.8) is 0 Å². The van der Waals surface area contributed by atoms with Crippen molar-refractivity contribution < 1.29 is 0 Å². The lowest BCUT2D eigenvalue weighted by Gasteiger charge is -2.39. The maximum Gasteiger partial charge on any atom is 0.0575 e. The zero-order chi connectivity index (χ0) is 14.5. The van der Waals surface area contributed by atoms with Gasteiger partial charge >= 0.3 is 0 Å². The summed E-state index contributed by atoms with van der Waals surface area (Å²) in [7, 11) is 0. The predicted octanol–water partition coefficient (Wildman–Crippen LogP) is 2.85. The Morgan fingerprint density at radius 2 is 2.25 bits per heavy atom. The van der Waals surface area contributed by atoms with Crippen molar-refractivity contribution in [2.75, 3.05) is 13.1 Å². The molecule has 0 bridgehead atoms. The van der Waals surface area contributed by atoms with Crippen molar-refractivity contribution in [1.82, 2.24) is 15.2 Å². The van der Waals surface area contributed by atoms with Crippen molar-refractivity contribution in [2.24, 2.45) is 5.92 Å². The van der Waals surface area contributed by atoms with Crippen LogP contribution in [0.2, 0.25) is 0 Å². The van der Waals surface area contributed by atoms with Gasteiger partial charge in [-0.05, 0) is 37.3 Å². The number of hydrogen-bond donors (Lipinski definition) is 1. The molecule has 0 aromatic carbocycles. The second-order valence-corrected chi connectivity index (χ2v) is 6.48. The molecule has 3 nitrogen and oxygen atoms in total. The summed E-state index contributed by atoms with van der Waals surface area (Å²) in [5.74, 6) is 0.754. The summed E-state index contributed by atoms with van der Waals surface area (Å²) in [4.78, 5) is 7.19. The first kappa shape index (κ1) is 15.5. The van der Waals surface area contributed by atoms with Crippen LogP contribution in [-0.4, -0.2) is 35.1 Å². The van der Waals surface area contributed by atoms with Gasteiger partial charge < -0.3 is 5.32 Å². The fourth-order valence-corrected chi connectivity index (χ4v) is 3.07. The highest BCUT2D eigenvalue weighted by molar-refractivity contribution is 5.19. The van der Waals surface area contributed by atoms with Gasteiger partial charge in [0.1, 0.15) is 0 Å². The third-order valence-electron chi connectivity index (χ3n) is 4.25. The van der Waals surface area contributed by atoms with Gasteiger partial charge in [-0.15, -0.1) is 0 Å². The van der Waals surface area contributed by atoms with Gasteiger partial charge in [-0.25, -0.2) is 0 Å². The largest absolute Gasteiger partial charge is 0.311 e. The minimum atomic E-state index is 0.588. The van der Waals surface area contributed by atoms with Crippen LogP contribution in [0.25, 0.3) is 0 Å². The maximum atomic E-state index is 4.60. The Kier molecular flexibility index (Phi) is 5.55. The Morgan fingerprint density at radius 3 is 2.95 bits per heavy atom. The lowest BCUT2D eigenvalue weighted by molar-refractivity contribution is 0.123. The van der Waals surface area contributed by atoms with E-state index in [9.17, 15) is 0 Å². The number of aryl methyl sites for hydroxylation is 1. The third kappa shape index (κ3) is 4.03. The van der Waals surface area contributed by atoms with E-state index in [0.717, 1.165) is 32.0 Å². The molecule has 0 spiro atoms. The van der Waals surface area contributed by atoms with Gasteiger partial charge in [0.05, 0.1) is 5.69 Å². The van der Waals surface area contributed by atoms with Crippen LogP contribution in [0.15, 0.2) is 18.3 Å². The normalized spacial score (nSPS) is 24.2. The van der Waals surface area contributed by atoms with Crippen LogP contribution in [0.1, 0.15) is 45.4 Å². The van der Waals surface area contributed by atoms with Crippen molar-refractivity contribution in [1.29, 1.82) is 0 Å². The zero-order valence-corrected chi connectivity index (χ0v) is 13.4. The number of nitrogens with one attached hydrogen (secondary N) is 1. The molecule has 0 saturated carbocycles. The summed E-state index contributed by atoms with van der Waals surface area (Å²) in [5, 5.41) is 3.68. The molecule has 2 rings (SSSR count). The standard InChI is InChI=1S/C17H29N3/c1-5-15-7-6-8-18-17(15)12-20-11-16(9-13(2)3)19-10-14(20)4/h6-8,13-14,16,19H,5,9-12H2,1-4H3. The highest BCUT2D eigenvalue weighted by Gasteiger charge is 2.25. The topological polar surface area (TPSA) is 28.2 Å². The van der Waals surface area contributed by atoms with Gasteiger partial charge in [0.2, 0.25) is 0 Å². The number of aromatic nitrogens is 1.